The van der Waals surface area contributed by atoms with E-state index >= 15 is 0 Å². The summed E-state index contributed by atoms with van der Waals surface area (Å²) in [5, 5.41) is 7.99. The van der Waals surface area contributed by atoms with Gasteiger partial charge in [-0.25, -0.2) is 8.42 Å². The van der Waals surface area contributed by atoms with Crippen molar-refractivity contribution in [2.45, 2.75) is 4.90 Å². The highest BCUT2D eigenvalue weighted by molar-refractivity contribution is 7.93. The summed E-state index contributed by atoms with van der Waals surface area (Å²) >= 11 is 1.11. The van der Waals surface area contributed by atoms with Gasteiger partial charge in [0.15, 0.2) is 0 Å². The molecule has 0 aliphatic carbocycles. The third-order valence-corrected chi connectivity index (χ3v) is 4.65. The van der Waals surface area contributed by atoms with Crippen LogP contribution in [0.15, 0.2) is 34.8 Å². The van der Waals surface area contributed by atoms with Crippen LogP contribution in [0.4, 0.5) is 10.8 Å². The maximum atomic E-state index is 12.3. The molecule has 19 heavy (non-hydrogen) atoms. The van der Waals surface area contributed by atoms with Crippen molar-refractivity contribution in [1.29, 1.82) is 0 Å². The van der Waals surface area contributed by atoms with Crippen LogP contribution in [0.2, 0.25) is 0 Å². The number of nitrogen functional groups attached to an aromatic ring is 1. The summed E-state index contributed by atoms with van der Waals surface area (Å²) in [6.07, 6.45) is 1.42. The summed E-state index contributed by atoms with van der Waals surface area (Å²) in [5.41, 5.74) is 8.33. The smallest absolute Gasteiger partial charge is 0.265 e. The van der Waals surface area contributed by atoms with Crippen molar-refractivity contribution in [3.63, 3.8) is 0 Å². The molecule has 0 fully saturated rings. The zero-order valence-electron chi connectivity index (χ0n) is 9.49. The number of aromatic nitrogens is 3. The number of benzene rings is 1. The SMILES string of the molecule is Nc1ccc2[nH]cc(S(=O)(=O)Nc3nncs3)c2c1. The molecule has 0 radical (unpaired) electrons. The van der Waals surface area contributed by atoms with Crippen LogP contribution in [0.5, 0.6) is 0 Å². The van der Waals surface area contributed by atoms with Gasteiger partial charge in [-0.1, -0.05) is 11.3 Å². The van der Waals surface area contributed by atoms with Crippen molar-refractivity contribution >= 4 is 43.1 Å². The van der Waals surface area contributed by atoms with Crippen molar-refractivity contribution in [3.8, 4) is 0 Å². The summed E-state index contributed by atoms with van der Waals surface area (Å²) in [5.74, 6) is 0. The number of hydrogen-bond donors (Lipinski definition) is 3. The van der Waals surface area contributed by atoms with Gasteiger partial charge in [-0.3, -0.25) is 4.72 Å². The summed E-state index contributed by atoms with van der Waals surface area (Å²) in [7, 11) is -3.71. The third-order valence-electron chi connectivity index (χ3n) is 2.54. The normalized spacial score (nSPS) is 11.8. The van der Waals surface area contributed by atoms with Crippen LogP contribution in [0.3, 0.4) is 0 Å². The zero-order chi connectivity index (χ0) is 13.5. The van der Waals surface area contributed by atoms with Crippen LogP contribution in [-0.2, 0) is 10.0 Å². The van der Waals surface area contributed by atoms with Gasteiger partial charge in [0.1, 0.15) is 10.4 Å². The largest absolute Gasteiger partial charge is 0.399 e. The maximum absolute atomic E-state index is 12.3. The second kappa shape index (κ2) is 4.21. The lowest BCUT2D eigenvalue weighted by atomic mass is 10.2. The van der Waals surface area contributed by atoms with Crippen molar-refractivity contribution < 1.29 is 8.42 Å². The van der Waals surface area contributed by atoms with E-state index in [0.717, 1.165) is 11.3 Å². The number of hydrogen-bond acceptors (Lipinski definition) is 6. The number of anilines is 2. The molecule has 0 unspecified atom stereocenters. The minimum Gasteiger partial charge on any atom is -0.399 e. The highest BCUT2D eigenvalue weighted by atomic mass is 32.2. The molecule has 98 valence electrons. The maximum Gasteiger partial charge on any atom is 0.265 e. The van der Waals surface area contributed by atoms with E-state index < -0.39 is 10.0 Å². The summed E-state index contributed by atoms with van der Waals surface area (Å²) in [4.78, 5) is 3.02. The minimum atomic E-state index is -3.71. The fourth-order valence-corrected chi connectivity index (χ4v) is 3.59. The molecule has 1 aromatic carbocycles. The van der Waals surface area contributed by atoms with Gasteiger partial charge in [-0.05, 0) is 18.2 Å². The van der Waals surface area contributed by atoms with Crippen molar-refractivity contribution in [3.05, 3.63) is 29.9 Å². The number of fused-ring (bicyclic) bond motifs is 1. The predicted molar refractivity (Wildman–Crippen MR) is 73.4 cm³/mol. The standard InChI is InChI=1S/C10H9N5O2S2/c11-6-1-2-8-7(3-6)9(4-12-8)19(16,17)15-10-14-13-5-18-10/h1-5,12H,11H2,(H,14,15). The Labute approximate surface area is 112 Å². The van der Waals surface area contributed by atoms with E-state index in [1.807, 2.05) is 0 Å². The predicted octanol–water partition coefficient (Wildman–Crippen LogP) is 1.40. The molecule has 3 aromatic rings. The zero-order valence-corrected chi connectivity index (χ0v) is 11.1. The molecule has 0 saturated heterocycles. The number of H-pyrrole nitrogens is 1. The summed E-state index contributed by atoms with van der Waals surface area (Å²) in [6, 6.07) is 5.04. The van der Waals surface area contributed by atoms with E-state index in [-0.39, 0.29) is 10.0 Å². The van der Waals surface area contributed by atoms with Gasteiger partial charge in [0.05, 0.1) is 0 Å². The Hall–Kier alpha value is -2.13. The number of nitrogens with zero attached hydrogens (tertiary/aromatic N) is 2. The van der Waals surface area contributed by atoms with E-state index in [2.05, 4.69) is 19.9 Å². The molecular weight excluding hydrogens is 286 g/mol. The Morgan fingerprint density at radius 1 is 1.37 bits per heavy atom. The Morgan fingerprint density at radius 2 is 2.21 bits per heavy atom. The topological polar surface area (TPSA) is 114 Å². The third kappa shape index (κ3) is 2.13. The Kier molecular flexibility index (Phi) is 2.64. The Morgan fingerprint density at radius 3 is 2.95 bits per heavy atom. The molecule has 3 rings (SSSR count). The van der Waals surface area contributed by atoms with E-state index in [0.29, 0.717) is 16.6 Å². The first-order valence-electron chi connectivity index (χ1n) is 5.22. The summed E-state index contributed by atoms with van der Waals surface area (Å²) in [6.45, 7) is 0. The molecule has 4 N–H and O–H groups in total. The van der Waals surface area contributed by atoms with Crippen LogP contribution in [0.1, 0.15) is 0 Å². The van der Waals surface area contributed by atoms with Crippen molar-refractivity contribution in [1.82, 2.24) is 15.2 Å². The highest BCUT2D eigenvalue weighted by Crippen LogP contribution is 2.26. The number of nitrogens with one attached hydrogen (secondary N) is 2. The molecule has 0 aliphatic rings. The summed E-state index contributed by atoms with van der Waals surface area (Å²) < 4.78 is 26.9. The number of aromatic amines is 1. The van der Waals surface area contributed by atoms with Gasteiger partial charge in [0.25, 0.3) is 10.0 Å². The first-order valence-corrected chi connectivity index (χ1v) is 7.58. The number of rotatable bonds is 3. The second-order valence-corrected chi connectivity index (χ2v) is 6.29. The molecule has 0 bridgehead atoms. The van der Waals surface area contributed by atoms with Gasteiger partial charge in [-0.2, -0.15) is 0 Å². The molecule has 7 nitrogen and oxygen atoms in total. The highest BCUT2D eigenvalue weighted by Gasteiger charge is 2.20. The monoisotopic (exact) mass is 295 g/mol. The molecule has 9 heteroatoms. The second-order valence-electron chi connectivity index (χ2n) is 3.81. The van der Waals surface area contributed by atoms with E-state index in [1.165, 1.54) is 11.7 Å². The molecule has 0 atom stereocenters. The van der Waals surface area contributed by atoms with E-state index in [4.69, 9.17) is 5.73 Å². The molecule has 0 spiro atoms. The average molecular weight is 295 g/mol. The van der Waals surface area contributed by atoms with E-state index in [9.17, 15) is 8.42 Å². The minimum absolute atomic E-state index is 0.130. The van der Waals surface area contributed by atoms with Gasteiger partial charge in [0, 0.05) is 22.8 Å². The molecule has 0 aliphatic heterocycles. The fraction of sp³-hybridized carbons (Fsp3) is 0. The lowest BCUT2D eigenvalue weighted by Gasteiger charge is -2.03. The lowest BCUT2D eigenvalue weighted by molar-refractivity contribution is 0.602. The first kappa shape index (κ1) is 11.9. The Bertz CT molecular complexity index is 823. The van der Waals surface area contributed by atoms with E-state index in [1.54, 1.807) is 18.2 Å². The van der Waals surface area contributed by atoms with Gasteiger partial charge < -0.3 is 10.7 Å². The van der Waals surface area contributed by atoms with Crippen LogP contribution < -0.4 is 10.5 Å². The van der Waals surface area contributed by atoms with Crippen LogP contribution in [0.25, 0.3) is 10.9 Å². The van der Waals surface area contributed by atoms with Crippen molar-refractivity contribution in [2.24, 2.45) is 0 Å². The molecule has 0 amide bonds. The lowest BCUT2D eigenvalue weighted by Crippen LogP contribution is -2.12. The fourth-order valence-electron chi connectivity index (χ4n) is 1.72. The molecule has 0 saturated carbocycles. The average Bonchev–Trinajstić information content (AvgIpc) is 2.96. The van der Waals surface area contributed by atoms with Crippen LogP contribution in [-0.4, -0.2) is 23.6 Å². The quantitative estimate of drug-likeness (QED) is 0.632. The molecule has 2 heterocycles. The van der Waals surface area contributed by atoms with Crippen LogP contribution in [0, 0.1) is 0 Å². The Balaban J connectivity index is 2.10. The van der Waals surface area contributed by atoms with Crippen LogP contribution >= 0.6 is 11.3 Å². The van der Waals surface area contributed by atoms with Crippen molar-refractivity contribution in [2.75, 3.05) is 10.5 Å². The van der Waals surface area contributed by atoms with Gasteiger partial charge in [-0.15, -0.1) is 10.2 Å². The first-order chi connectivity index (χ1) is 9.06. The number of nitrogens with two attached hydrogens (primary N) is 1. The van der Waals surface area contributed by atoms with Gasteiger partial charge in [0.2, 0.25) is 5.13 Å². The molecule has 2 aromatic heterocycles. The number of sulfonamides is 1. The van der Waals surface area contributed by atoms with Gasteiger partial charge >= 0.3 is 0 Å². The molecular formula is C10H9N5O2S2.